The Bertz CT molecular complexity index is 884. The summed E-state index contributed by atoms with van der Waals surface area (Å²) in [7, 11) is 6.76. The fourth-order valence-corrected chi connectivity index (χ4v) is 8.61. The van der Waals surface area contributed by atoms with Crippen LogP contribution < -0.4 is 0 Å². The van der Waals surface area contributed by atoms with Crippen LogP contribution in [0.3, 0.4) is 0 Å². The summed E-state index contributed by atoms with van der Waals surface area (Å²) in [5, 5.41) is 0. The average molecular weight is 644 g/mol. The molecule has 0 aliphatic carbocycles. The molecule has 0 saturated heterocycles. The second-order valence-electron chi connectivity index (χ2n) is 7.01. The largest absolute Gasteiger partial charge is 3.00 e. The molecule has 2 heterocycles. The maximum atomic E-state index is 4.83. The number of unbranched alkanes of at least 4 members (excludes halogenated alkanes) is 1. The second kappa shape index (κ2) is 16.7. The summed E-state index contributed by atoms with van der Waals surface area (Å²) in [6, 6.07) is 10.7. The molecule has 0 bridgehead atoms. The van der Waals surface area contributed by atoms with E-state index in [0.29, 0.717) is 0 Å². The third-order valence-corrected chi connectivity index (χ3v) is 10.5. The van der Waals surface area contributed by atoms with Crippen molar-refractivity contribution in [2.24, 2.45) is 0 Å². The number of hydrogen-bond donors (Lipinski definition) is 0. The van der Waals surface area contributed by atoms with Gasteiger partial charge in [-0.05, 0) is 31.1 Å². The molecule has 0 unspecified atom stereocenters. The van der Waals surface area contributed by atoms with Crippen molar-refractivity contribution in [3.8, 4) is 0 Å². The van der Waals surface area contributed by atoms with Crippen molar-refractivity contribution >= 4 is 120 Å². The predicted octanol–water partition coefficient (Wildman–Crippen LogP) is 7.41. The van der Waals surface area contributed by atoms with Gasteiger partial charge in [0, 0.05) is 0 Å². The summed E-state index contributed by atoms with van der Waals surface area (Å²) in [5.74, 6) is 0. The van der Waals surface area contributed by atoms with Gasteiger partial charge in [0.15, 0.2) is 0 Å². The SMILES string of the molecule is C[N+](C)(C)CCCCc1ccccc1.S=c1sc([S-])c([S-])s1.S=c1sc([S-])c([S-])s1.[Ni+3]. The van der Waals surface area contributed by atoms with Crippen LogP contribution in [0.4, 0.5) is 0 Å². The topological polar surface area (TPSA) is 0 Å². The van der Waals surface area contributed by atoms with Gasteiger partial charge in [-0.3, -0.25) is 0 Å². The van der Waals surface area contributed by atoms with E-state index in [-0.39, 0.29) is 16.5 Å². The van der Waals surface area contributed by atoms with E-state index in [0.717, 1.165) is 27.6 Å². The van der Waals surface area contributed by atoms with Crippen LogP contribution in [0.5, 0.6) is 0 Å². The van der Waals surface area contributed by atoms with Gasteiger partial charge in [-0.2, -0.15) is 0 Å². The van der Waals surface area contributed by atoms with Crippen molar-refractivity contribution in [2.75, 3.05) is 27.7 Å². The zero-order valence-electron chi connectivity index (χ0n) is 17.1. The van der Waals surface area contributed by atoms with Crippen LogP contribution >= 0.6 is 69.8 Å². The van der Waals surface area contributed by atoms with Crippen LogP contribution in [-0.4, -0.2) is 32.2 Å². The number of hydrogen-bond acceptors (Lipinski definition) is 10. The first-order valence-corrected chi connectivity index (χ1v) is 14.5. The van der Waals surface area contributed by atoms with Crippen LogP contribution in [0.1, 0.15) is 18.4 Å². The van der Waals surface area contributed by atoms with Crippen LogP contribution in [0.25, 0.3) is 0 Å². The Kier molecular flexibility index (Phi) is 17.3. The molecule has 173 valence electrons. The van der Waals surface area contributed by atoms with Crippen molar-refractivity contribution in [3.05, 3.63) is 42.2 Å². The van der Waals surface area contributed by atoms with Gasteiger partial charge >= 0.3 is 16.5 Å². The zero-order chi connectivity index (χ0) is 22.7. The molecule has 1 nitrogen and oxygen atoms in total. The smallest absolute Gasteiger partial charge is 0.429 e. The van der Waals surface area contributed by atoms with Crippen molar-refractivity contribution in [2.45, 2.75) is 36.1 Å². The Morgan fingerprint density at radius 3 is 1.39 bits per heavy atom. The monoisotopic (exact) mass is 642 g/mol. The van der Waals surface area contributed by atoms with Crippen molar-refractivity contribution < 1.29 is 21.0 Å². The van der Waals surface area contributed by atoms with Gasteiger partial charge in [0.2, 0.25) is 0 Å². The molecule has 1 aromatic carbocycles. The van der Waals surface area contributed by atoms with E-state index >= 15 is 0 Å². The summed E-state index contributed by atoms with van der Waals surface area (Å²) in [6.07, 6.45) is 3.85. The second-order valence-corrected chi connectivity index (χ2v) is 16.1. The normalized spacial score (nSPS) is 10.2. The average Bonchev–Trinajstić information content (AvgIpc) is 3.11. The zero-order valence-corrected chi connectivity index (χ0v) is 26.2. The van der Waals surface area contributed by atoms with Gasteiger partial charge < -0.3 is 100 Å². The van der Waals surface area contributed by atoms with Gasteiger partial charge in [0.25, 0.3) is 0 Å². The third-order valence-electron chi connectivity index (χ3n) is 3.42. The first kappa shape index (κ1) is 32.1. The molecule has 1 radical (unpaired) electrons. The van der Waals surface area contributed by atoms with Gasteiger partial charge in [-0.1, -0.05) is 30.3 Å². The van der Waals surface area contributed by atoms with Crippen LogP contribution in [0.2, 0.25) is 0 Å². The summed E-state index contributed by atoms with van der Waals surface area (Å²) < 4.78 is 5.78. The van der Waals surface area contributed by atoms with Gasteiger partial charge in [0.05, 0.1) is 27.7 Å². The van der Waals surface area contributed by atoms with Crippen LogP contribution in [0.15, 0.2) is 47.2 Å². The Morgan fingerprint density at radius 1 is 0.710 bits per heavy atom. The Labute approximate surface area is 244 Å². The van der Waals surface area contributed by atoms with E-state index in [1.807, 2.05) is 0 Å². The molecule has 0 spiro atoms. The summed E-state index contributed by atoms with van der Waals surface area (Å²) >= 11 is 34.6. The predicted molar refractivity (Wildman–Crippen MR) is 151 cm³/mol. The molecule has 0 N–H and O–H groups in total. The number of rotatable bonds is 5. The molecule has 12 heteroatoms. The maximum Gasteiger partial charge on any atom is 3.00 e. The van der Waals surface area contributed by atoms with E-state index in [2.05, 4.69) is 51.5 Å². The minimum absolute atomic E-state index is 0. The first-order chi connectivity index (χ1) is 14.0. The maximum absolute atomic E-state index is 4.83. The number of aryl methyl sites for hydroxylation is 1. The van der Waals surface area contributed by atoms with Gasteiger partial charge in [-0.15, -0.1) is 41.3 Å². The van der Waals surface area contributed by atoms with Gasteiger partial charge in [-0.25, -0.2) is 0 Å². The number of benzene rings is 1. The van der Waals surface area contributed by atoms with E-state index in [9.17, 15) is 0 Å². The molecule has 0 amide bonds. The standard InChI is InChI=1S/C13H22N.2C3H2S5.Ni/c1-14(2,3)12-8-7-11-13-9-5-4-6-10-13;2*4-1-2(5)8-3(6)7-1;/h4-6,9-10H,7-8,11-12H2,1-3H3;2*4-5H;/q+1;;;+3/p-4. The summed E-state index contributed by atoms with van der Waals surface area (Å²) in [4.78, 5) is 0. The van der Waals surface area contributed by atoms with Crippen molar-refractivity contribution in [3.63, 3.8) is 0 Å². The summed E-state index contributed by atoms with van der Waals surface area (Å²) in [5.41, 5.74) is 1.47. The molecular formula is C19H22NNiS10. The summed E-state index contributed by atoms with van der Waals surface area (Å²) in [6.45, 7) is 1.27. The Balaban J connectivity index is 0.000000456. The van der Waals surface area contributed by atoms with E-state index in [1.165, 1.54) is 76.7 Å². The molecule has 2 aromatic heterocycles. The fraction of sp³-hybridized carbons (Fsp3) is 0.368. The van der Waals surface area contributed by atoms with E-state index < -0.39 is 0 Å². The molecule has 31 heavy (non-hydrogen) atoms. The first-order valence-electron chi connectivity index (χ1n) is 8.78. The molecule has 0 aliphatic heterocycles. The molecule has 3 aromatic rings. The molecule has 3 rings (SSSR count). The molecule has 0 saturated carbocycles. The van der Waals surface area contributed by atoms with E-state index in [1.54, 1.807) is 0 Å². The van der Waals surface area contributed by atoms with Gasteiger partial charge in [0.1, 0.15) is 0 Å². The minimum Gasteiger partial charge on any atom is -0.429 e. The minimum atomic E-state index is 0. The molecular weight excluding hydrogens is 622 g/mol. The number of nitrogens with zero attached hydrogens (tertiary/aromatic N) is 1. The Hall–Kier alpha value is 1.09. The fourth-order valence-electron chi connectivity index (χ4n) is 2.07. The molecule has 0 atom stereocenters. The molecule has 0 fully saturated rings. The number of quaternary nitrogens is 1. The van der Waals surface area contributed by atoms with E-state index in [4.69, 9.17) is 75.0 Å². The quantitative estimate of drug-likeness (QED) is 0.0927. The van der Waals surface area contributed by atoms with Crippen LogP contribution in [0, 0.1) is 6.28 Å². The van der Waals surface area contributed by atoms with Crippen LogP contribution in [-0.2, 0) is 73.4 Å². The van der Waals surface area contributed by atoms with Crippen molar-refractivity contribution in [1.82, 2.24) is 0 Å². The third kappa shape index (κ3) is 15.6. The van der Waals surface area contributed by atoms with Crippen molar-refractivity contribution in [1.29, 1.82) is 0 Å². The molecule has 0 aliphatic rings. The Morgan fingerprint density at radius 2 is 1.10 bits per heavy atom.